The number of aliphatic imine (C=N–C) groups is 2. The minimum Gasteiger partial charge on any atom is -0.304 e. The summed E-state index contributed by atoms with van der Waals surface area (Å²) in [6, 6.07) is 8.44. The van der Waals surface area contributed by atoms with Crippen LogP contribution < -0.4 is 0 Å². The van der Waals surface area contributed by atoms with Crippen LogP contribution in [0.5, 0.6) is 0 Å². The Bertz CT molecular complexity index is 473. The quantitative estimate of drug-likeness (QED) is 0.372. The van der Waals surface area contributed by atoms with Crippen molar-refractivity contribution in [3.63, 3.8) is 0 Å². The zero-order valence-electron chi connectivity index (χ0n) is 17.3. The van der Waals surface area contributed by atoms with Crippen LogP contribution >= 0.6 is 0 Å². The van der Waals surface area contributed by atoms with Gasteiger partial charge in [0.25, 0.3) is 0 Å². The van der Waals surface area contributed by atoms with E-state index in [0.29, 0.717) is 0 Å². The molecule has 0 saturated heterocycles. The van der Waals surface area contributed by atoms with Crippen LogP contribution in [0.1, 0.15) is 51.7 Å². The second-order valence-corrected chi connectivity index (χ2v) is 6.50. The summed E-state index contributed by atoms with van der Waals surface area (Å²) in [4.78, 5) is 14.0. The van der Waals surface area contributed by atoms with E-state index in [1.807, 2.05) is 12.4 Å². The predicted molar refractivity (Wildman–Crippen MR) is 116 cm³/mol. The van der Waals surface area contributed by atoms with Gasteiger partial charge in [-0.15, -0.1) is 0 Å². The molecule has 0 aliphatic heterocycles. The second kappa shape index (κ2) is 14.6. The number of hydrogen-bond donors (Lipinski definition) is 0. The fourth-order valence-electron chi connectivity index (χ4n) is 2.91. The third kappa shape index (κ3) is 9.83. The van der Waals surface area contributed by atoms with Gasteiger partial charge in [-0.05, 0) is 69.3 Å². The summed E-state index contributed by atoms with van der Waals surface area (Å²) < 4.78 is 0. The highest BCUT2D eigenvalue weighted by Gasteiger charge is 1.98. The SMILES string of the molecule is CCN(CC)CCC/N=C/c1cccc(/C=N/CCCN(CC)CC)c1. The molecule has 146 valence electrons. The highest BCUT2D eigenvalue weighted by molar-refractivity contribution is 5.86. The van der Waals surface area contributed by atoms with Crippen LogP contribution in [-0.2, 0) is 0 Å². The first-order valence-corrected chi connectivity index (χ1v) is 10.3. The minimum atomic E-state index is 0.889. The van der Waals surface area contributed by atoms with E-state index in [0.717, 1.165) is 76.3 Å². The van der Waals surface area contributed by atoms with Crippen molar-refractivity contribution in [3.8, 4) is 0 Å². The number of benzene rings is 1. The van der Waals surface area contributed by atoms with E-state index in [4.69, 9.17) is 0 Å². The molecule has 0 amide bonds. The van der Waals surface area contributed by atoms with Gasteiger partial charge in [-0.1, -0.05) is 45.9 Å². The summed E-state index contributed by atoms with van der Waals surface area (Å²) in [5.74, 6) is 0. The smallest absolute Gasteiger partial charge is 0.0401 e. The van der Waals surface area contributed by atoms with Gasteiger partial charge in [0, 0.05) is 25.5 Å². The lowest BCUT2D eigenvalue weighted by Crippen LogP contribution is -2.24. The van der Waals surface area contributed by atoms with E-state index in [2.05, 4.69) is 71.7 Å². The summed E-state index contributed by atoms with van der Waals surface area (Å²) >= 11 is 0. The first kappa shape index (κ1) is 22.5. The maximum absolute atomic E-state index is 4.57. The summed E-state index contributed by atoms with van der Waals surface area (Å²) in [6.45, 7) is 17.4. The summed E-state index contributed by atoms with van der Waals surface area (Å²) in [5.41, 5.74) is 2.31. The molecular weight excluding hydrogens is 320 g/mol. The van der Waals surface area contributed by atoms with E-state index >= 15 is 0 Å². The lowest BCUT2D eigenvalue weighted by molar-refractivity contribution is 0.302. The molecule has 0 atom stereocenters. The molecule has 0 bridgehead atoms. The maximum Gasteiger partial charge on any atom is 0.0401 e. The van der Waals surface area contributed by atoms with Gasteiger partial charge in [-0.25, -0.2) is 0 Å². The molecule has 4 nitrogen and oxygen atoms in total. The van der Waals surface area contributed by atoms with Crippen LogP contribution in [0.25, 0.3) is 0 Å². The molecule has 1 rings (SSSR count). The summed E-state index contributed by atoms with van der Waals surface area (Å²) in [5, 5.41) is 0. The van der Waals surface area contributed by atoms with Crippen molar-refractivity contribution in [2.24, 2.45) is 9.98 Å². The van der Waals surface area contributed by atoms with Gasteiger partial charge in [0.05, 0.1) is 0 Å². The van der Waals surface area contributed by atoms with Crippen molar-refractivity contribution >= 4 is 12.4 Å². The molecule has 1 aromatic rings. The molecule has 0 saturated carbocycles. The monoisotopic (exact) mass is 358 g/mol. The molecule has 0 aliphatic carbocycles. The van der Waals surface area contributed by atoms with Crippen molar-refractivity contribution in [2.75, 3.05) is 52.4 Å². The van der Waals surface area contributed by atoms with Gasteiger partial charge in [0.2, 0.25) is 0 Å². The van der Waals surface area contributed by atoms with Gasteiger partial charge >= 0.3 is 0 Å². The number of nitrogens with zero attached hydrogens (tertiary/aromatic N) is 4. The Morgan fingerprint density at radius 1 is 0.731 bits per heavy atom. The summed E-state index contributed by atoms with van der Waals surface area (Å²) in [7, 11) is 0. The molecule has 1 aromatic carbocycles. The van der Waals surface area contributed by atoms with E-state index < -0.39 is 0 Å². The van der Waals surface area contributed by atoms with Gasteiger partial charge in [-0.2, -0.15) is 0 Å². The standard InChI is InChI=1S/C22H38N4/c1-5-25(6-2)16-10-14-23-19-21-12-9-13-22(18-21)20-24-15-11-17-26(7-3)8-4/h9,12-13,18-20H,5-8,10-11,14-17H2,1-4H3/b23-19+,24-20+. The zero-order chi connectivity index (χ0) is 19.0. The Balaban J connectivity index is 2.35. The Labute approximate surface area is 161 Å². The third-order valence-electron chi connectivity index (χ3n) is 4.70. The van der Waals surface area contributed by atoms with Crippen molar-refractivity contribution in [1.82, 2.24) is 9.80 Å². The van der Waals surface area contributed by atoms with Crippen LogP contribution in [0, 0.1) is 0 Å². The third-order valence-corrected chi connectivity index (χ3v) is 4.70. The molecule has 0 aliphatic rings. The number of hydrogen-bond acceptors (Lipinski definition) is 4. The maximum atomic E-state index is 4.57. The lowest BCUT2D eigenvalue weighted by atomic mass is 10.1. The van der Waals surface area contributed by atoms with Gasteiger partial charge in [0.1, 0.15) is 0 Å². The predicted octanol–water partition coefficient (Wildman–Crippen LogP) is 3.99. The molecule has 4 heteroatoms. The first-order valence-electron chi connectivity index (χ1n) is 10.3. The first-order chi connectivity index (χ1) is 12.7. The lowest BCUT2D eigenvalue weighted by Gasteiger charge is -2.16. The van der Waals surface area contributed by atoms with E-state index in [1.54, 1.807) is 0 Å². The van der Waals surface area contributed by atoms with Gasteiger partial charge in [0.15, 0.2) is 0 Å². The minimum absolute atomic E-state index is 0.889. The highest BCUT2D eigenvalue weighted by Crippen LogP contribution is 2.02. The Hall–Kier alpha value is -1.52. The Morgan fingerprint density at radius 3 is 1.54 bits per heavy atom. The summed E-state index contributed by atoms with van der Waals surface area (Å²) in [6.07, 6.45) is 6.21. The van der Waals surface area contributed by atoms with Gasteiger partial charge in [-0.3, -0.25) is 9.98 Å². The largest absolute Gasteiger partial charge is 0.304 e. The van der Waals surface area contributed by atoms with E-state index in [1.165, 1.54) is 0 Å². The fourth-order valence-corrected chi connectivity index (χ4v) is 2.91. The molecule has 0 aromatic heterocycles. The topological polar surface area (TPSA) is 31.2 Å². The molecule has 0 unspecified atom stereocenters. The van der Waals surface area contributed by atoms with Crippen molar-refractivity contribution in [2.45, 2.75) is 40.5 Å². The molecule has 0 fully saturated rings. The average molecular weight is 359 g/mol. The van der Waals surface area contributed by atoms with Crippen molar-refractivity contribution in [1.29, 1.82) is 0 Å². The Morgan fingerprint density at radius 2 is 1.15 bits per heavy atom. The molecule has 0 spiro atoms. The van der Waals surface area contributed by atoms with Crippen LogP contribution in [0.3, 0.4) is 0 Å². The molecule has 0 heterocycles. The number of rotatable bonds is 14. The van der Waals surface area contributed by atoms with Crippen molar-refractivity contribution in [3.05, 3.63) is 35.4 Å². The van der Waals surface area contributed by atoms with Crippen LogP contribution in [-0.4, -0.2) is 74.6 Å². The van der Waals surface area contributed by atoms with Crippen LogP contribution in [0.4, 0.5) is 0 Å². The molecule has 0 radical (unpaired) electrons. The van der Waals surface area contributed by atoms with E-state index in [-0.39, 0.29) is 0 Å². The Kier molecular flexibility index (Phi) is 12.7. The van der Waals surface area contributed by atoms with Gasteiger partial charge < -0.3 is 9.80 Å². The van der Waals surface area contributed by atoms with Crippen molar-refractivity contribution < 1.29 is 0 Å². The zero-order valence-corrected chi connectivity index (χ0v) is 17.3. The second-order valence-electron chi connectivity index (χ2n) is 6.50. The highest BCUT2D eigenvalue weighted by atomic mass is 15.1. The van der Waals surface area contributed by atoms with E-state index in [9.17, 15) is 0 Å². The molecule has 26 heavy (non-hydrogen) atoms. The molecule has 0 N–H and O–H groups in total. The van der Waals surface area contributed by atoms with Crippen LogP contribution in [0.15, 0.2) is 34.3 Å². The fraction of sp³-hybridized carbons (Fsp3) is 0.636. The normalized spacial score (nSPS) is 12.2. The van der Waals surface area contributed by atoms with Crippen LogP contribution in [0.2, 0.25) is 0 Å². The average Bonchev–Trinajstić information content (AvgIpc) is 2.68. The molecular formula is C22H38N4.